The number of likely N-dealkylation sites (tertiary alicyclic amines) is 1. The number of nitrogens with two attached hydrogens (primary N) is 1. The Morgan fingerprint density at radius 2 is 2.19 bits per heavy atom. The van der Waals surface area contributed by atoms with Gasteiger partial charge in [-0.25, -0.2) is 15.0 Å². The number of carbonyl (C=O) groups is 1. The van der Waals surface area contributed by atoms with E-state index < -0.39 is 11.6 Å². The molecule has 4 heterocycles. The van der Waals surface area contributed by atoms with Crippen molar-refractivity contribution in [1.29, 1.82) is 0 Å². The zero-order chi connectivity index (χ0) is 18.5. The minimum Gasteiger partial charge on any atom is -0.388 e. The van der Waals surface area contributed by atoms with Crippen LogP contribution in [0.3, 0.4) is 0 Å². The number of amides is 1. The van der Waals surface area contributed by atoms with Gasteiger partial charge in [0.05, 0.1) is 18.0 Å². The van der Waals surface area contributed by atoms with Gasteiger partial charge in [0.2, 0.25) is 0 Å². The molecule has 0 bridgehead atoms. The summed E-state index contributed by atoms with van der Waals surface area (Å²) in [5.41, 5.74) is 6.24. The van der Waals surface area contributed by atoms with E-state index in [9.17, 15) is 9.90 Å². The van der Waals surface area contributed by atoms with E-state index in [1.807, 2.05) is 0 Å². The van der Waals surface area contributed by atoms with Crippen LogP contribution in [-0.4, -0.2) is 63.9 Å². The molecule has 10 nitrogen and oxygen atoms in total. The number of hydrogen-bond donors (Lipinski definition) is 2. The fourth-order valence-corrected chi connectivity index (χ4v) is 3.39. The monoisotopic (exact) mass is 356 g/mol. The number of hydrogen-bond acceptors (Lipinski definition) is 7. The predicted molar refractivity (Wildman–Crippen MR) is 93.1 cm³/mol. The fraction of sp³-hybridized carbons (Fsp3) is 0.438. The summed E-state index contributed by atoms with van der Waals surface area (Å²) < 4.78 is 3.36. The van der Waals surface area contributed by atoms with Crippen LogP contribution in [0.2, 0.25) is 0 Å². The predicted octanol–water partition coefficient (Wildman–Crippen LogP) is -0.0198. The molecule has 1 saturated heterocycles. The van der Waals surface area contributed by atoms with Crippen molar-refractivity contribution < 1.29 is 9.90 Å². The quantitative estimate of drug-likeness (QED) is 0.660. The lowest BCUT2D eigenvalue weighted by molar-refractivity contribution is -0.0434. The molecule has 0 radical (unpaired) electrons. The Morgan fingerprint density at radius 3 is 2.92 bits per heavy atom. The van der Waals surface area contributed by atoms with E-state index in [1.54, 1.807) is 46.7 Å². The zero-order valence-corrected chi connectivity index (χ0v) is 14.6. The molecular weight excluding hydrogens is 336 g/mol. The molecule has 3 aromatic heterocycles. The van der Waals surface area contributed by atoms with Crippen LogP contribution >= 0.6 is 0 Å². The third kappa shape index (κ3) is 2.58. The van der Waals surface area contributed by atoms with Crippen LogP contribution in [0.15, 0.2) is 24.9 Å². The highest BCUT2D eigenvalue weighted by Gasteiger charge is 2.41. The van der Waals surface area contributed by atoms with Crippen molar-refractivity contribution in [2.24, 2.45) is 7.05 Å². The van der Waals surface area contributed by atoms with Crippen molar-refractivity contribution >= 4 is 22.9 Å². The Bertz CT molecular complexity index is 976. The molecule has 0 unspecified atom stereocenters. The topological polar surface area (TPSA) is 128 Å². The van der Waals surface area contributed by atoms with Crippen LogP contribution in [0.5, 0.6) is 0 Å². The van der Waals surface area contributed by atoms with Crippen molar-refractivity contribution in [3.8, 4) is 0 Å². The first kappa shape index (κ1) is 16.5. The molecule has 1 amide bonds. The van der Waals surface area contributed by atoms with Gasteiger partial charge in [0, 0.05) is 26.3 Å². The summed E-state index contributed by atoms with van der Waals surface area (Å²) in [6.45, 7) is 2.52. The normalized spacial score (nSPS) is 23.5. The van der Waals surface area contributed by atoms with Gasteiger partial charge in [-0.1, -0.05) is 0 Å². The molecule has 1 aliphatic rings. The molecule has 1 fully saturated rings. The molecule has 0 spiro atoms. The first-order valence-electron chi connectivity index (χ1n) is 8.31. The maximum atomic E-state index is 12.8. The van der Waals surface area contributed by atoms with E-state index >= 15 is 0 Å². The molecule has 3 aromatic rings. The second kappa shape index (κ2) is 5.77. The number of piperidine rings is 1. The molecular formula is C16H20N8O2. The maximum absolute atomic E-state index is 12.8. The van der Waals surface area contributed by atoms with E-state index in [2.05, 4.69) is 20.1 Å². The van der Waals surface area contributed by atoms with Crippen LogP contribution in [0, 0.1) is 0 Å². The maximum Gasteiger partial charge on any atom is 0.274 e. The summed E-state index contributed by atoms with van der Waals surface area (Å²) in [5.74, 6) is 0.121. The highest BCUT2D eigenvalue weighted by molar-refractivity contribution is 5.92. The van der Waals surface area contributed by atoms with Crippen LogP contribution in [0.1, 0.15) is 29.9 Å². The average Bonchev–Trinajstić information content (AvgIpc) is 3.21. The SMILES string of the molecule is Cn1ccc(C(=O)N2CC[C@@](C)(O)[C@H](n3cnc4c(N)ncnc43)C2)n1. The van der Waals surface area contributed by atoms with E-state index in [4.69, 9.17) is 5.73 Å². The van der Waals surface area contributed by atoms with Crippen molar-refractivity contribution in [3.05, 3.63) is 30.6 Å². The van der Waals surface area contributed by atoms with Gasteiger partial charge in [0.1, 0.15) is 17.5 Å². The number of nitrogens with zero attached hydrogens (tertiary/aromatic N) is 7. The van der Waals surface area contributed by atoms with Gasteiger partial charge >= 0.3 is 0 Å². The minimum absolute atomic E-state index is 0.162. The van der Waals surface area contributed by atoms with E-state index in [0.29, 0.717) is 36.4 Å². The number of imidazole rings is 1. The molecule has 10 heteroatoms. The van der Waals surface area contributed by atoms with Crippen molar-refractivity contribution in [2.75, 3.05) is 18.8 Å². The summed E-state index contributed by atoms with van der Waals surface area (Å²) in [6.07, 6.45) is 5.11. The standard InChI is InChI=1S/C16H20N8O2/c1-16(26)4-6-23(15(25)10-3-5-22(2)21-10)7-11(16)24-9-20-12-13(17)18-8-19-14(12)24/h3,5,8-9,11,26H,4,6-7H2,1-2H3,(H2,17,18,19)/t11-,16-/m1/s1. The van der Waals surface area contributed by atoms with E-state index in [-0.39, 0.29) is 11.7 Å². The molecule has 0 aromatic carbocycles. The summed E-state index contributed by atoms with van der Waals surface area (Å²) in [7, 11) is 1.77. The number of rotatable bonds is 2. The fourth-order valence-electron chi connectivity index (χ4n) is 3.39. The first-order valence-corrected chi connectivity index (χ1v) is 8.31. The molecule has 136 valence electrons. The van der Waals surface area contributed by atoms with Crippen molar-refractivity contribution in [1.82, 2.24) is 34.2 Å². The molecule has 1 aliphatic heterocycles. The van der Waals surface area contributed by atoms with E-state index in [1.165, 1.54) is 6.33 Å². The van der Waals surface area contributed by atoms with Gasteiger partial charge in [0.25, 0.3) is 5.91 Å². The van der Waals surface area contributed by atoms with Crippen molar-refractivity contribution in [3.63, 3.8) is 0 Å². The molecule has 4 rings (SSSR count). The Hall–Kier alpha value is -3.01. The lowest BCUT2D eigenvalue weighted by atomic mass is 9.88. The molecule has 0 aliphatic carbocycles. The van der Waals surface area contributed by atoms with E-state index in [0.717, 1.165) is 0 Å². The lowest BCUT2D eigenvalue weighted by Crippen LogP contribution is -2.52. The van der Waals surface area contributed by atoms with Crippen LogP contribution in [0.4, 0.5) is 5.82 Å². The Labute approximate surface area is 149 Å². The number of nitrogen functional groups attached to an aromatic ring is 1. The smallest absolute Gasteiger partial charge is 0.274 e. The number of anilines is 1. The van der Waals surface area contributed by atoms with Gasteiger partial charge in [-0.05, 0) is 19.4 Å². The number of aryl methyl sites for hydroxylation is 1. The summed E-state index contributed by atoms with van der Waals surface area (Å²) >= 11 is 0. The summed E-state index contributed by atoms with van der Waals surface area (Å²) in [4.78, 5) is 26.9. The van der Waals surface area contributed by atoms with Gasteiger partial charge in [-0.3, -0.25) is 9.48 Å². The zero-order valence-electron chi connectivity index (χ0n) is 14.6. The highest BCUT2D eigenvalue weighted by atomic mass is 16.3. The summed E-state index contributed by atoms with van der Waals surface area (Å²) in [5, 5.41) is 15.1. The van der Waals surface area contributed by atoms with Crippen LogP contribution in [-0.2, 0) is 7.05 Å². The minimum atomic E-state index is -1.02. The Kier molecular flexibility index (Phi) is 3.65. The largest absolute Gasteiger partial charge is 0.388 e. The third-order valence-corrected chi connectivity index (χ3v) is 4.94. The Balaban J connectivity index is 1.69. The highest BCUT2D eigenvalue weighted by Crippen LogP contribution is 2.34. The molecule has 3 N–H and O–H groups in total. The van der Waals surface area contributed by atoms with Gasteiger partial charge in [-0.2, -0.15) is 5.10 Å². The van der Waals surface area contributed by atoms with Crippen LogP contribution in [0.25, 0.3) is 11.2 Å². The summed E-state index contributed by atoms with van der Waals surface area (Å²) in [6, 6.07) is 1.27. The lowest BCUT2D eigenvalue weighted by Gasteiger charge is -2.43. The molecule has 0 saturated carbocycles. The molecule has 2 atom stereocenters. The molecule has 26 heavy (non-hydrogen) atoms. The van der Waals surface area contributed by atoms with Crippen LogP contribution < -0.4 is 5.73 Å². The average molecular weight is 356 g/mol. The van der Waals surface area contributed by atoms with Gasteiger partial charge in [0.15, 0.2) is 11.5 Å². The number of aliphatic hydroxyl groups is 1. The number of fused-ring (bicyclic) bond motifs is 1. The second-order valence-electron chi connectivity index (χ2n) is 6.83. The van der Waals surface area contributed by atoms with Gasteiger partial charge in [-0.15, -0.1) is 0 Å². The third-order valence-electron chi connectivity index (χ3n) is 4.94. The van der Waals surface area contributed by atoms with Gasteiger partial charge < -0.3 is 20.3 Å². The second-order valence-corrected chi connectivity index (χ2v) is 6.83. The Morgan fingerprint density at radius 1 is 1.38 bits per heavy atom. The number of carbonyl (C=O) groups excluding carboxylic acids is 1. The number of aromatic nitrogens is 6. The van der Waals surface area contributed by atoms with Crippen molar-refractivity contribution in [2.45, 2.75) is 25.0 Å². The first-order chi connectivity index (χ1) is 12.4.